The van der Waals surface area contributed by atoms with Gasteiger partial charge in [0.05, 0.1) is 0 Å². The first-order valence-electron chi connectivity index (χ1n) is 4.06. The van der Waals surface area contributed by atoms with Gasteiger partial charge in [0.1, 0.15) is 0 Å². The molecule has 0 saturated carbocycles. The SMILES string of the molecule is CC.[CH2-]C(C)(C)C.[CH2-]CC.[W+2]. The second-order valence-electron chi connectivity index (χ2n) is 3.06. The number of hydrogen-bond acceptors (Lipinski definition) is 0. The van der Waals surface area contributed by atoms with E-state index < -0.39 is 0 Å². The van der Waals surface area contributed by atoms with Crippen LogP contribution in [0.1, 0.15) is 48.0 Å². The molecule has 0 N–H and O–H groups in total. The molecule has 0 aliphatic heterocycles. The van der Waals surface area contributed by atoms with Gasteiger partial charge in [-0.3, -0.25) is 0 Å². The Hall–Kier alpha value is 0.688. The summed E-state index contributed by atoms with van der Waals surface area (Å²) in [6, 6.07) is 0. The summed E-state index contributed by atoms with van der Waals surface area (Å²) in [6.07, 6.45) is 1.00. The zero-order chi connectivity index (χ0) is 9.21. The van der Waals surface area contributed by atoms with Crippen LogP contribution in [-0.4, -0.2) is 0 Å². The summed E-state index contributed by atoms with van der Waals surface area (Å²) in [5.41, 5.74) is 0.250. The second kappa shape index (κ2) is 17.0. The van der Waals surface area contributed by atoms with E-state index in [1.807, 2.05) is 20.8 Å². The predicted octanol–water partition coefficient (Wildman–Crippen LogP) is 4.12. The summed E-state index contributed by atoms with van der Waals surface area (Å²) in [5, 5.41) is 0. The summed E-state index contributed by atoms with van der Waals surface area (Å²) in [4.78, 5) is 0. The van der Waals surface area contributed by atoms with Crippen molar-refractivity contribution in [2.24, 2.45) is 5.41 Å². The van der Waals surface area contributed by atoms with Gasteiger partial charge in [-0.15, -0.1) is 0 Å². The van der Waals surface area contributed by atoms with Crippen LogP contribution in [0, 0.1) is 19.3 Å². The fraction of sp³-hybridized carbons (Fsp3) is 0.800. The van der Waals surface area contributed by atoms with Gasteiger partial charge in [-0.25, -0.2) is 0 Å². The third-order valence-electron chi connectivity index (χ3n) is 0. The van der Waals surface area contributed by atoms with Crippen molar-refractivity contribution in [3.05, 3.63) is 13.8 Å². The molecule has 0 saturated heterocycles. The van der Waals surface area contributed by atoms with Gasteiger partial charge in [0.25, 0.3) is 0 Å². The molecule has 0 fully saturated rings. The monoisotopic (exact) mass is 328 g/mol. The standard InChI is InChI=1S/C5H11.C3H7.C2H6.W/c1-5(2,3)4;1-3-2;1-2;/h1H2,2-4H3;1,3H2,2H3;1-2H3;/q2*-1;;+2. The molecule has 0 aromatic heterocycles. The summed E-state index contributed by atoms with van der Waals surface area (Å²) < 4.78 is 0. The molecule has 0 heterocycles. The minimum atomic E-state index is 0. The maximum atomic E-state index is 3.77. The first-order chi connectivity index (χ1) is 4.41. The van der Waals surface area contributed by atoms with Crippen molar-refractivity contribution >= 4 is 0 Å². The van der Waals surface area contributed by atoms with E-state index in [0.29, 0.717) is 0 Å². The third kappa shape index (κ3) is 1700. The molecule has 0 nitrogen and oxygen atoms in total. The molecule has 0 unspecified atom stereocenters. The van der Waals surface area contributed by atoms with E-state index in [2.05, 4.69) is 34.6 Å². The second-order valence-corrected chi connectivity index (χ2v) is 3.06. The molecule has 11 heavy (non-hydrogen) atoms. The number of rotatable bonds is 0. The van der Waals surface area contributed by atoms with Crippen molar-refractivity contribution in [2.75, 3.05) is 0 Å². The molecule has 0 radical (unpaired) electrons. The van der Waals surface area contributed by atoms with E-state index >= 15 is 0 Å². The Morgan fingerprint density at radius 3 is 1.09 bits per heavy atom. The van der Waals surface area contributed by atoms with Gasteiger partial charge in [0.2, 0.25) is 0 Å². The van der Waals surface area contributed by atoms with Gasteiger partial charge < -0.3 is 13.8 Å². The van der Waals surface area contributed by atoms with Crippen LogP contribution in [0.4, 0.5) is 0 Å². The maximum absolute atomic E-state index is 3.77. The van der Waals surface area contributed by atoms with Crippen molar-refractivity contribution in [3.8, 4) is 0 Å². The van der Waals surface area contributed by atoms with Crippen LogP contribution in [-0.2, 0) is 21.1 Å². The van der Waals surface area contributed by atoms with Gasteiger partial charge >= 0.3 is 21.1 Å². The zero-order valence-corrected chi connectivity index (χ0v) is 12.0. The van der Waals surface area contributed by atoms with E-state index in [1.54, 1.807) is 0 Å². The van der Waals surface area contributed by atoms with Crippen molar-refractivity contribution in [1.82, 2.24) is 0 Å². The van der Waals surface area contributed by atoms with Crippen LogP contribution in [0.25, 0.3) is 0 Å². The number of hydrogen-bond donors (Lipinski definition) is 0. The van der Waals surface area contributed by atoms with E-state index in [9.17, 15) is 0 Å². The van der Waals surface area contributed by atoms with Crippen molar-refractivity contribution < 1.29 is 21.1 Å². The van der Waals surface area contributed by atoms with Gasteiger partial charge in [0, 0.05) is 0 Å². The molecule has 0 amide bonds. The Labute approximate surface area is 88.4 Å². The predicted molar refractivity (Wildman–Crippen MR) is 51.8 cm³/mol. The average Bonchev–Trinajstić information content (AvgIpc) is 1.68. The quantitative estimate of drug-likeness (QED) is 0.587. The molecule has 1 heteroatoms. The Morgan fingerprint density at radius 1 is 1.09 bits per heavy atom. The van der Waals surface area contributed by atoms with Gasteiger partial charge in [-0.1, -0.05) is 41.5 Å². The summed E-state index contributed by atoms with van der Waals surface area (Å²) in [6.45, 7) is 19.5. The molecule has 0 spiro atoms. The van der Waals surface area contributed by atoms with Gasteiger partial charge in [-0.2, -0.15) is 11.8 Å². The van der Waals surface area contributed by atoms with Crippen molar-refractivity contribution in [1.29, 1.82) is 0 Å². The van der Waals surface area contributed by atoms with Crippen LogP contribution in [0.5, 0.6) is 0 Å². The van der Waals surface area contributed by atoms with Crippen LogP contribution < -0.4 is 0 Å². The maximum Gasteiger partial charge on any atom is 2.00 e. The fourth-order valence-electron chi connectivity index (χ4n) is 0. The Bertz CT molecular complexity index is 28.6. The van der Waals surface area contributed by atoms with Crippen molar-refractivity contribution in [2.45, 2.75) is 48.0 Å². The van der Waals surface area contributed by atoms with Crippen LogP contribution in [0.3, 0.4) is 0 Å². The van der Waals surface area contributed by atoms with Crippen molar-refractivity contribution in [3.63, 3.8) is 0 Å². The van der Waals surface area contributed by atoms with Crippen LogP contribution in [0.15, 0.2) is 0 Å². The topological polar surface area (TPSA) is 0 Å². The van der Waals surface area contributed by atoms with Gasteiger partial charge in [-0.05, 0) is 0 Å². The molecule has 0 aliphatic carbocycles. The Morgan fingerprint density at radius 2 is 1.09 bits per heavy atom. The molecule has 0 aliphatic rings. The summed E-state index contributed by atoms with van der Waals surface area (Å²) in [5.74, 6) is 0. The largest absolute Gasteiger partial charge is 2.00 e. The van der Waals surface area contributed by atoms with E-state index in [-0.39, 0.29) is 26.5 Å². The zero-order valence-electron chi connectivity index (χ0n) is 9.03. The smallest absolute Gasteiger partial charge is 0.344 e. The molecule has 0 rings (SSSR count). The van der Waals surface area contributed by atoms with Crippen LogP contribution in [0.2, 0.25) is 0 Å². The fourth-order valence-corrected chi connectivity index (χ4v) is 0. The minimum absolute atomic E-state index is 0. The van der Waals surface area contributed by atoms with E-state index in [4.69, 9.17) is 0 Å². The molecular weight excluding hydrogens is 304 g/mol. The Kier molecular flexibility index (Phi) is 34.9. The first kappa shape index (κ1) is 22.6. The molecular formula is C10H24W. The van der Waals surface area contributed by atoms with Crippen LogP contribution >= 0.6 is 0 Å². The van der Waals surface area contributed by atoms with E-state index in [0.717, 1.165) is 6.42 Å². The van der Waals surface area contributed by atoms with Gasteiger partial charge in [0.15, 0.2) is 0 Å². The molecule has 0 bridgehead atoms. The van der Waals surface area contributed by atoms with E-state index in [1.165, 1.54) is 0 Å². The first-order valence-corrected chi connectivity index (χ1v) is 4.06. The minimum Gasteiger partial charge on any atom is -0.344 e. The molecule has 0 atom stereocenters. The normalized spacial score (nSPS) is 7.64. The Balaban J connectivity index is -0.0000000360. The molecule has 0 aromatic carbocycles. The summed E-state index contributed by atoms with van der Waals surface area (Å²) >= 11 is 0. The summed E-state index contributed by atoms with van der Waals surface area (Å²) in [7, 11) is 0. The molecule has 70 valence electrons. The average molecular weight is 328 g/mol. The third-order valence-corrected chi connectivity index (χ3v) is 0. The molecule has 0 aromatic rings.